The summed E-state index contributed by atoms with van der Waals surface area (Å²) in [5.41, 5.74) is 2.34. The van der Waals surface area contributed by atoms with Crippen LogP contribution in [0.1, 0.15) is 39.4 Å². The Morgan fingerprint density at radius 2 is 2.07 bits per heavy atom. The Morgan fingerprint density at radius 3 is 2.81 bits per heavy atom. The molecule has 140 valence electrons. The summed E-state index contributed by atoms with van der Waals surface area (Å²) in [4.78, 5) is 13.3. The van der Waals surface area contributed by atoms with Crippen LogP contribution in [0.25, 0.3) is 0 Å². The van der Waals surface area contributed by atoms with Gasteiger partial charge in [0.15, 0.2) is 0 Å². The number of anilines is 1. The average molecular weight is 382 g/mol. The summed E-state index contributed by atoms with van der Waals surface area (Å²) in [5.74, 6) is 3.00. The van der Waals surface area contributed by atoms with Crippen LogP contribution in [0.5, 0.6) is 5.88 Å². The highest BCUT2D eigenvalue weighted by Crippen LogP contribution is 2.46. The van der Waals surface area contributed by atoms with Crippen LogP contribution in [-0.4, -0.2) is 31.8 Å². The molecule has 0 radical (unpaired) electrons. The third kappa shape index (κ3) is 4.57. The maximum Gasteiger partial charge on any atom is 0.218 e. The third-order valence-electron chi connectivity index (χ3n) is 4.49. The van der Waals surface area contributed by atoms with Crippen LogP contribution in [0.2, 0.25) is 0 Å². The second-order valence-electron chi connectivity index (χ2n) is 6.88. The van der Waals surface area contributed by atoms with E-state index in [1.54, 1.807) is 11.3 Å². The molecule has 1 saturated carbocycles. The fourth-order valence-corrected chi connectivity index (χ4v) is 3.61. The molecule has 1 aliphatic rings. The van der Waals surface area contributed by atoms with E-state index in [2.05, 4.69) is 49.5 Å². The van der Waals surface area contributed by atoms with Gasteiger partial charge < -0.3 is 10.1 Å². The molecule has 0 aromatic carbocycles. The second-order valence-corrected chi connectivity index (χ2v) is 8.15. The number of pyridine rings is 1. The molecule has 8 heteroatoms. The van der Waals surface area contributed by atoms with Gasteiger partial charge in [0, 0.05) is 29.8 Å². The molecule has 3 aromatic rings. The maximum atomic E-state index is 5.94. The summed E-state index contributed by atoms with van der Waals surface area (Å²) in [5, 5.41) is 13.3. The summed E-state index contributed by atoms with van der Waals surface area (Å²) in [6.45, 7) is 7.10. The molecule has 1 fully saturated rings. The number of hydrogen-bond donors (Lipinski definition) is 1. The quantitative estimate of drug-likeness (QED) is 0.670. The van der Waals surface area contributed by atoms with Crippen molar-refractivity contribution in [1.82, 2.24) is 25.1 Å². The zero-order valence-corrected chi connectivity index (χ0v) is 16.5. The van der Waals surface area contributed by atoms with Crippen molar-refractivity contribution in [3.8, 4) is 5.88 Å². The van der Waals surface area contributed by atoms with Crippen LogP contribution in [0.3, 0.4) is 0 Å². The van der Waals surface area contributed by atoms with E-state index in [1.165, 1.54) is 5.56 Å². The van der Waals surface area contributed by atoms with Gasteiger partial charge in [-0.3, -0.25) is 4.98 Å². The molecule has 0 aliphatic heterocycles. The first-order chi connectivity index (χ1) is 13.1. The van der Waals surface area contributed by atoms with Gasteiger partial charge in [-0.2, -0.15) is 4.98 Å². The summed E-state index contributed by atoms with van der Waals surface area (Å²) in [6, 6.07) is 6.07. The fraction of sp³-hybridized carbons (Fsp3) is 0.421. The zero-order valence-electron chi connectivity index (χ0n) is 15.6. The number of ether oxygens (including phenoxy) is 1. The van der Waals surface area contributed by atoms with Gasteiger partial charge in [0.25, 0.3) is 0 Å². The van der Waals surface area contributed by atoms with Crippen molar-refractivity contribution < 1.29 is 4.74 Å². The molecule has 0 saturated heterocycles. The predicted molar refractivity (Wildman–Crippen MR) is 104 cm³/mol. The van der Waals surface area contributed by atoms with Crippen molar-refractivity contribution in [3.05, 3.63) is 51.5 Å². The van der Waals surface area contributed by atoms with Crippen molar-refractivity contribution in [1.29, 1.82) is 0 Å². The van der Waals surface area contributed by atoms with Crippen LogP contribution in [0, 0.1) is 26.7 Å². The summed E-state index contributed by atoms with van der Waals surface area (Å²) in [7, 11) is 0. The largest absolute Gasteiger partial charge is 0.477 e. The monoisotopic (exact) mass is 382 g/mol. The van der Waals surface area contributed by atoms with Gasteiger partial charge in [0.1, 0.15) is 21.7 Å². The molecule has 1 N–H and O–H groups in total. The molecule has 0 spiro atoms. The van der Waals surface area contributed by atoms with E-state index >= 15 is 0 Å². The highest BCUT2D eigenvalue weighted by atomic mass is 32.1. The molecule has 3 aromatic heterocycles. The highest BCUT2D eigenvalue weighted by Gasteiger charge is 2.40. The Balaban J connectivity index is 1.32. The van der Waals surface area contributed by atoms with Crippen molar-refractivity contribution in [3.63, 3.8) is 0 Å². The van der Waals surface area contributed by atoms with E-state index in [1.807, 2.05) is 26.1 Å². The normalized spacial score (nSPS) is 18.3. The Kier molecular flexibility index (Phi) is 4.98. The Bertz CT molecular complexity index is 926. The Hall–Kier alpha value is -2.61. The molecule has 2 atom stereocenters. The first-order valence-corrected chi connectivity index (χ1v) is 9.82. The van der Waals surface area contributed by atoms with E-state index in [0.717, 1.165) is 27.9 Å². The molecule has 7 nitrogen and oxygen atoms in total. The van der Waals surface area contributed by atoms with Crippen LogP contribution < -0.4 is 10.1 Å². The third-order valence-corrected chi connectivity index (χ3v) is 5.32. The van der Waals surface area contributed by atoms with Gasteiger partial charge in [-0.05, 0) is 38.8 Å². The van der Waals surface area contributed by atoms with Crippen LogP contribution in [-0.2, 0) is 6.54 Å². The van der Waals surface area contributed by atoms with Gasteiger partial charge in [0.2, 0.25) is 5.88 Å². The molecule has 0 bridgehead atoms. The molecular formula is C19H22N6OS. The smallest absolute Gasteiger partial charge is 0.218 e. The molecule has 27 heavy (non-hydrogen) atoms. The summed E-state index contributed by atoms with van der Waals surface area (Å²) in [6.07, 6.45) is 3.04. The minimum Gasteiger partial charge on any atom is -0.477 e. The van der Waals surface area contributed by atoms with E-state index in [9.17, 15) is 0 Å². The second kappa shape index (κ2) is 7.56. The first-order valence-electron chi connectivity index (χ1n) is 9.01. The lowest BCUT2D eigenvalue weighted by Gasteiger charge is -2.09. The van der Waals surface area contributed by atoms with Crippen LogP contribution in [0.15, 0.2) is 24.4 Å². The molecule has 0 amide bonds. The Morgan fingerprint density at radius 1 is 1.19 bits per heavy atom. The van der Waals surface area contributed by atoms with Crippen LogP contribution >= 0.6 is 11.3 Å². The average Bonchev–Trinajstić information content (AvgIpc) is 3.30. The summed E-state index contributed by atoms with van der Waals surface area (Å²) < 4.78 is 5.94. The van der Waals surface area contributed by atoms with E-state index in [-0.39, 0.29) is 0 Å². The molecular weight excluding hydrogens is 360 g/mol. The number of nitrogens with one attached hydrogen (secondary N) is 1. The number of rotatable bonds is 7. The lowest BCUT2D eigenvalue weighted by molar-refractivity contribution is 0.284. The van der Waals surface area contributed by atoms with Crippen molar-refractivity contribution in [2.45, 2.75) is 39.7 Å². The minimum absolute atomic E-state index is 0.492. The SMILES string of the molecule is Cc1ccc([C@@H]2C[C@H]2COc2cc(NCc3nnc(C)s3)nc(C)n2)nc1. The summed E-state index contributed by atoms with van der Waals surface area (Å²) >= 11 is 1.57. The zero-order chi connectivity index (χ0) is 18.8. The lowest BCUT2D eigenvalue weighted by Crippen LogP contribution is -2.07. The highest BCUT2D eigenvalue weighted by molar-refractivity contribution is 7.11. The number of nitrogens with zero attached hydrogens (tertiary/aromatic N) is 5. The standard InChI is InChI=1S/C19H22N6OS/c1-11-4-5-16(20-8-11)15-6-14(15)10-26-18-7-17(22-12(2)23-18)21-9-19-25-24-13(3)27-19/h4-5,7-8,14-15H,6,9-10H2,1-3H3,(H,21,22,23)/t14-,15+/m0/s1. The lowest BCUT2D eigenvalue weighted by atomic mass is 10.2. The molecule has 0 unspecified atom stereocenters. The van der Waals surface area contributed by atoms with Crippen molar-refractivity contribution >= 4 is 17.2 Å². The van der Waals surface area contributed by atoms with Crippen molar-refractivity contribution in [2.24, 2.45) is 5.92 Å². The predicted octanol–water partition coefficient (Wildman–Crippen LogP) is 3.44. The van der Waals surface area contributed by atoms with E-state index in [4.69, 9.17) is 4.74 Å². The van der Waals surface area contributed by atoms with Crippen molar-refractivity contribution in [2.75, 3.05) is 11.9 Å². The van der Waals surface area contributed by atoms with E-state index in [0.29, 0.717) is 36.7 Å². The number of hydrogen-bond acceptors (Lipinski definition) is 8. The minimum atomic E-state index is 0.492. The van der Waals surface area contributed by atoms with Crippen LogP contribution in [0.4, 0.5) is 5.82 Å². The first kappa shape index (κ1) is 17.8. The molecule has 3 heterocycles. The van der Waals surface area contributed by atoms with E-state index < -0.39 is 0 Å². The molecule has 4 rings (SSSR count). The van der Waals surface area contributed by atoms with Gasteiger partial charge in [-0.25, -0.2) is 4.98 Å². The topological polar surface area (TPSA) is 85.7 Å². The van der Waals surface area contributed by atoms with Gasteiger partial charge in [-0.1, -0.05) is 17.4 Å². The van der Waals surface area contributed by atoms with Gasteiger partial charge in [-0.15, -0.1) is 10.2 Å². The fourth-order valence-electron chi connectivity index (χ4n) is 2.96. The maximum absolute atomic E-state index is 5.94. The number of aryl methyl sites for hydroxylation is 3. The number of aromatic nitrogens is 5. The van der Waals surface area contributed by atoms with Gasteiger partial charge >= 0.3 is 0 Å². The molecule has 1 aliphatic carbocycles. The Labute approximate surface area is 162 Å². The van der Waals surface area contributed by atoms with Gasteiger partial charge in [0.05, 0.1) is 13.2 Å².